The summed E-state index contributed by atoms with van der Waals surface area (Å²) in [6.45, 7) is 0.558. The van der Waals surface area contributed by atoms with E-state index in [2.05, 4.69) is 10.1 Å². The zero-order chi connectivity index (χ0) is 19.3. The van der Waals surface area contributed by atoms with Gasteiger partial charge in [-0.1, -0.05) is 5.16 Å². The van der Waals surface area contributed by atoms with E-state index in [-0.39, 0.29) is 23.9 Å². The maximum Gasteiger partial charge on any atom is 0.333 e. The molecule has 1 aliphatic carbocycles. The Bertz CT molecular complexity index is 1060. The Morgan fingerprint density at radius 2 is 2.07 bits per heavy atom. The van der Waals surface area contributed by atoms with Gasteiger partial charge in [0.05, 0.1) is 31.6 Å². The third-order valence-corrected chi connectivity index (χ3v) is 4.99. The average molecular weight is 377 g/mol. The number of aromatic nitrogens is 2. The molecule has 4 rings (SSSR count). The zero-order valence-corrected chi connectivity index (χ0v) is 15.0. The van der Waals surface area contributed by atoms with Crippen molar-refractivity contribution < 1.29 is 14.0 Å². The number of nitrogens with two attached hydrogens (primary N) is 1. The van der Waals surface area contributed by atoms with E-state index in [1.54, 1.807) is 4.90 Å². The molecule has 0 bridgehead atoms. The minimum Gasteiger partial charge on any atom is -0.492 e. The quantitative estimate of drug-likeness (QED) is 0.734. The standard InChI is InChI=1S/C17H20FN5O4/c1-26-15-13(22-6-10(19)11(7-22)21-27-2)9(18)5-23-14(15)12(8-3-4-8)16(24)20-17(23)25/h5,8,10H,3-4,6-7,19H2,1-2H3,(H,20,24,25). The van der Waals surface area contributed by atoms with Crippen molar-refractivity contribution in [2.45, 2.75) is 24.8 Å². The maximum absolute atomic E-state index is 15.0. The first kappa shape index (κ1) is 17.5. The molecular weight excluding hydrogens is 357 g/mol. The lowest BCUT2D eigenvalue weighted by Gasteiger charge is -2.23. The van der Waals surface area contributed by atoms with Crippen LogP contribution in [0.5, 0.6) is 5.75 Å². The first-order valence-corrected chi connectivity index (χ1v) is 8.61. The van der Waals surface area contributed by atoms with Crippen LogP contribution in [0.25, 0.3) is 5.52 Å². The van der Waals surface area contributed by atoms with Gasteiger partial charge in [-0.05, 0) is 18.8 Å². The van der Waals surface area contributed by atoms with Crippen LogP contribution in [0.3, 0.4) is 0 Å². The molecule has 3 N–H and O–H groups in total. The maximum atomic E-state index is 15.0. The number of aromatic amines is 1. The molecule has 0 aromatic carbocycles. The summed E-state index contributed by atoms with van der Waals surface area (Å²) in [7, 11) is 2.81. The van der Waals surface area contributed by atoms with E-state index in [9.17, 15) is 9.59 Å². The molecule has 1 saturated carbocycles. The van der Waals surface area contributed by atoms with Crippen LogP contribution in [0, 0.1) is 5.82 Å². The number of pyridine rings is 1. The van der Waals surface area contributed by atoms with Crippen molar-refractivity contribution in [2.24, 2.45) is 10.9 Å². The Hall–Kier alpha value is -2.88. The number of nitrogens with zero attached hydrogens (tertiary/aromatic N) is 3. The summed E-state index contributed by atoms with van der Waals surface area (Å²) in [6, 6.07) is -0.422. The smallest absolute Gasteiger partial charge is 0.333 e. The fraction of sp³-hybridized carbons (Fsp3) is 0.471. The SMILES string of the molecule is CON=C1CN(c2c(F)cn3c(=O)[nH]c(=O)c(C4CC4)c3c2OC)CC1N. The van der Waals surface area contributed by atoms with E-state index in [0.29, 0.717) is 23.3 Å². The lowest BCUT2D eigenvalue weighted by Crippen LogP contribution is -2.32. The van der Waals surface area contributed by atoms with E-state index in [1.165, 1.54) is 14.2 Å². The highest BCUT2D eigenvalue weighted by Crippen LogP contribution is 2.44. The summed E-state index contributed by atoms with van der Waals surface area (Å²) in [5.74, 6) is -0.477. The largest absolute Gasteiger partial charge is 0.492 e. The van der Waals surface area contributed by atoms with E-state index < -0.39 is 23.1 Å². The molecule has 3 heterocycles. The van der Waals surface area contributed by atoms with Crippen molar-refractivity contribution >= 4 is 16.9 Å². The van der Waals surface area contributed by atoms with Crippen molar-refractivity contribution in [2.75, 3.05) is 32.2 Å². The summed E-state index contributed by atoms with van der Waals surface area (Å²) >= 11 is 0. The predicted molar refractivity (Wildman–Crippen MR) is 97.4 cm³/mol. The van der Waals surface area contributed by atoms with Crippen molar-refractivity contribution in [3.63, 3.8) is 0 Å². The molecule has 1 unspecified atom stereocenters. The molecule has 0 radical (unpaired) electrons. The Kier molecular flexibility index (Phi) is 4.14. The fourth-order valence-electron chi connectivity index (χ4n) is 3.66. The van der Waals surface area contributed by atoms with Crippen LogP contribution in [0.1, 0.15) is 24.3 Å². The van der Waals surface area contributed by atoms with Crippen molar-refractivity contribution in [3.8, 4) is 5.75 Å². The molecule has 144 valence electrons. The molecule has 10 heteroatoms. The highest BCUT2D eigenvalue weighted by atomic mass is 19.1. The molecule has 2 aromatic heterocycles. The molecular formula is C17H20FN5O4. The van der Waals surface area contributed by atoms with Gasteiger partial charge in [0.1, 0.15) is 18.3 Å². The molecule has 1 aliphatic heterocycles. The van der Waals surface area contributed by atoms with Gasteiger partial charge in [0.15, 0.2) is 11.6 Å². The number of oxime groups is 1. The summed E-state index contributed by atoms with van der Waals surface area (Å²) in [4.78, 5) is 33.4. The monoisotopic (exact) mass is 377 g/mol. The van der Waals surface area contributed by atoms with Crippen LogP contribution < -0.4 is 26.6 Å². The van der Waals surface area contributed by atoms with Gasteiger partial charge >= 0.3 is 5.69 Å². The number of methoxy groups -OCH3 is 1. The molecule has 0 amide bonds. The van der Waals surface area contributed by atoms with Gasteiger partial charge in [-0.25, -0.2) is 9.18 Å². The Morgan fingerprint density at radius 3 is 2.70 bits per heavy atom. The van der Waals surface area contributed by atoms with Crippen LogP contribution in [-0.4, -0.2) is 48.4 Å². The van der Waals surface area contributed by atoms with Crippen LogP contribution in [0.2, 0.25) is 0 Å². The second kappa shape index (κ2) is 6.38. The number of rotatable bonds is 4. The van der Waals surface area contributed by atoms with E-state index in [0.717, 1.165) is 23.4 Å². The summed E-state index contributed by atoms with van der Waals surface area (Å²) < 4.78 is 21.6. The lowest BCUT2D eigenvalue weighted by molar-refractivity contribution is 0.212. The number of fused-ring (bicyclic) bond motifs is 1. The molecule has 1 saturated heterocycles. The van der Waals surface area contributed by atoms with E-state index in [1.807, 2.05) is 0 Å². The predicted octanol–water partition coefficient (Wildman–Crippen LogP) is 0.163. The molecule has 27 heavy (non-hydrogen) atoms. The van der Waals surface area contributed by atoms with Crippen molar-refractivity contribution in [3.05, 3.63) is 38.4 Å². The van der Waals surface area contributed by atoms with Crippen molar-refractivity contribution in [1.29, 1.82) is 0 Å². The van der Waals surface area contributed by atoms with Gasteiger partial charge in [-0.15, -0.1) is 0 Å². The molecule has 2 aliphatic rings. The summed E-state index contributed by atoms with van der Waals surface area (Å²) in [5.41, 5.74) is 6.37. The number of hydrogen-bond acceptors (Lipinski definition) is 7. The van der Waals surface area contributed by atoms with Crippen LogP contribution in [-0.2, 0) is 4.84 Å². The van der Waals surface area contributed by atoms with Gasteiger partial charge in [-0.3, -0.25) is 14.2 Å². The molecule has 2 fully saturated rings. The second-order valence-electron chi connectivity index (χ2n) is 6.78. The Labute approximate surface area is 153 Å². The number of halogens is 1. The first-order chi connectivity index (χ1) is 13.0. The molecule has 9 nitrogen and oxygen atoms in total. The first-order valence-electron chi connectivity index (χ1n) is 8.61. The third-order valence-electron chi connectivity index (χ3n) is 4.99. The van der Waals surface area contributed by atoms with Gasteiger partial charge < -0.3 is 20.2 Å². The Morgan fingerprint density at radius 1 is 1.33 bits per heavy atom. The minimum atomic E-state index is -0.706. The molecule has 1 atom stereocenters. The molecule has 2 aromatic rings. The number of nitrogens with one attached hydrogen (secondary N) is 1. The average Bonchev–Trinajstić information content (AvgIpc) is 3.39. The fourth-order valence-corrected chi connectivity index (χ4v) is 3.66. The number of ether oxygens (including phenoxy) is 1. The van der Waals surface area contributed by atoms with Crippen LogP contribution in [0.15, 0.2) is 20.9 Å². The van der Waals surface area contributed by atoms with Gasteiger partial charge in [0.25, 0.3) is 5.56 Å². The summed E-state index contributed by atoms with van der Waals surface area (Å²) in [5, 5.41) is 3.89. The van der Waals surface area contributed by atoms with Gasteiger partial charge in [-0.2, -0.15) is 0 Å². The highest BCUT2D eigenvalue weighted by Gasteiger charge is 2.35. The minimum absolute atomic E-state index is 0.0306. The van der Waals surface area contributed by atoms with E-state index in [4.69, 9.17) is 15.3 Å². The lowest BCUT2D eigenvalue weighted by atomic mass is 10.1. The van der Waals surface area contributed by atoms with Crippen molar-refractivity contribution in [1.82, 2.24) is 9.38 Å². The van der Waals surface area contributed by atoms with Crippen LogP contribution >= 0.6 is 0 Å². The summed E-state index contributed by atoms with van der Waals surface area (Å²) in [6.07, 6.45) is 2.76. The topological polar surface area (TPSA) is 114 Å². The third kappa shape index (κ3) is 2.76. The second-order valence-corrected chi connectivity index (χ2v) is 6.78. The number of hydrogen-bond donors (Lipinski definition) is 2. The normalized spacial score (nSPS) is 21.3. The highest BCUT2D eigenvalue weighted by molar-refractivity contribution is 5.97. The van der Waals surface area contributed by atoms with E-state index >= 15 is 4.39 Å². The number of anilines is 1. The zero-order valence-electron chi connectivity index (χ0n) is 15.0. The Balaban J connectivity index is 1.98. The molecule has 0 spiro atoms. The van der Waals surface area contributed by atoms with Gasteiger partial charge in [0, 0.05) is 12.1 Å². The number of H-pyrrole nitrogens is 1. The van der Waals surface area contributed by atoms with Crippen LogP contribution in [0.4, 0.5) is 10.1 Å². The van der Waals surface area contributed by atoms with Gasteiger partial charge in [0.2, 0.25) is 0 Å².